The third-order valence-corrected chi connectivity index (χ3v) is 3.32. The number of hydrogen-bond donors (Lipinski definition) is 0. The number of benzene rings is 1. The molecule has 0 saturated carbocycles. The molecule has 0 saturated heterocycles. The molecule has 22 heavy (non-hydrogen) atoms. The van der Waals surface area contributed by atoms with Gasteiger partial charge >= 0.3 is 0 Å². The zero-order chi connectivity index (χ0) is 15.7. The standard InChI is InChI=1S/C16H15ClN4O/c1-10-8-11(2)21(20-10)15-9-16(19-12(3)18-15)22-14-6-4-13(17)5-7-14/h4-9H,1-3H3. The van der Waals surface area contributed by atoms with Crippen LogP contribution in [0.25, 0.3) is 5.82 Å². The lowest BCUT2D eigenvalue weighted by molar-refractivity contribution is 0.458. The minimum absolute atomic E-state index is 0.470. The highest BCUT2D eigenvalue weighted by Gasteiger charge is 2.09. The molecule has 0 radical (unpaired) electrons. The fourth-order valence-corrected chi connectivity index (χ4v) is 2.30. The molecule has 0 bridgehead atoms. The quantitative estimate of drug-likeness (QED) is 0.732. The first kappa shape index (κ1) is 14.5. The van der Waals surface area contributed by atoms with Crippen LogP contribution in [0.4, 0.5) is 0 Å². The van der Waals surface area contributed by atoms with Crippen LogP contribution in [0.5, 0.6) is 11.6 Å². The van der Waals surface area contributed by atoms with Gasteiger partial charge < -0.3 is 4.74 Å². The third kappa shape index (κ3) is 3.09. The minimum atomic E-state index is 0.470. The van der Waals surface area contributed by atoms with Crippen molar-refractivity contribution >= 4 is 11.6 Å². The molecule has 2 aromatic heterocycles. The van der Waals surface area contributed by atoms with E-state index in [1.165, 1.54) is 0 Å². The van der Waals surface area contributed by atoms with Crippen LogP contribution in [-0.2, 0) is 0 Å². The van der Waals surface area contributed by atoms with Gasteiger partial charge in [-0.15, -0.1) is 0 Å². The molecular formula is C16H15ClN4O. The highest BCUT2D eigenvalue weighted by atomic mass is 35.5. The van der Waals surface area contributed by atoms with E-state index in [4.69, 9.17) is 16.3 Å². The summed E-state index contributed by atoms with van der Waals surface area (Å²) in [6.45, 7) is 5.75. The zero-order valence-electron chi connectivity index (χ0n) is 12.5. The smallest absolute Gasteiger partial charge is 0.224 e. The number of nitrogens with zero attached hydrogens (tertiary/aromatic N) is 4. The van der Waals surface area contributed by atoms with E-state index in [0.717, 1.165) is 11.4 Å². The van der Waals surface area contributed by atoms with Crippen LogP contribution in [0, 0.1) is 20.8 Å². The summed E-state index contributed by atoms with van der Waals surface area (Å²) >= 11 is 5.87. The van der Waals surface area contributed by atoms with Gasteiger partial charge in [-0.05, 0) is 51.1 Å². The van der Waals surface area contributed by atoms with Gasteiger partial charge in [0.2, 0.25) is 5.88 Å². The fraction of sp³-hybridized carbons (Fsp3) is 0.188. The zero-order valence-corrected chi connectivity index (χ0v) is 13.3. The Morgan fingerprint density at radius 1 is 1.00 bits per heavy atom. The highest BCUT2D eigenvalue weighted by molar-refractivity contribution is 6.30. The normalized spacial score (nSPS) is 10.7. The monoisotopic (exact) mass is 314 g/mol. The molecule has 3 rings (SSSR count). The molecule has 2 heterocycles. The van der Waals surface area contributed by atoms with Crippen LogP contribution in [-0.4, -0.2) is 19.7 Å². The molecule has 0 aliphatic heterocycles. The minimum Gasteiger partial charge on any atom is -0.439 e. The number of halogens is 1. The highest BCUT2D eigenvalue weighted by Crippen LogP contribution is 2.23. The van der Waals surface area contributed by atoms with Crippen LogP contribution in [0.2, 0.25) is 5.02 Å². The second kappa shape index (κ2) is 5.77. The lowest BCUT2D eigenvalue weighted by Gasteiger charge is -2.09. The van der Waals surface area contributed by atoms with Gasteiger partial charge in [-0.1, -0.05) is 11.6 Å². The molecule has 5 nitrogen and oxygen atoms in total. The first-order valence-corrected chi connectivity index (χ1v) is 7.22. The molecular weight excluding hydrogens is 300 g/mol. The van der Waals surface area contributed by atoms with Crippen LogP contribution >= 0.6 is 11.6 Å². The Hall–Kier alpha value is -2.40. The Morgan fingerprint density at radius 3 is 2.36 bits per heavy atom. The van der Waals surface area contributed by atoms with Gasteiger partial charge in [-0.25, -0.2) is 9.67 Å². The maximum atomic E-state index is 5.87. The molecule has 112 valence electrons. The van der Waals surface area contributed by atoms with Crippen molar-refractivity contribution in [1.82, 2.24) is 19.7 Å². The molecule has 3 aromatic rings. The Bertz CT molecular complexity index is 812. The number of hydrogen-bond acceptors (Lipinski definition) is 4. The topological polar surface area (TPSA) is 52.8 Å². The lowest BCUT2D eigenvalue weighted by atomic mass is 10.3. The van der Waals surface area contributed by atoms with Crippen molar-refractivity contribution in [3.63, 3.8) is 0 Å². The average molecular weight is 315 g/mol. The van der Waals surface area contributed by atoms with Crippen LogP contribution in [0.15, 0.2) is 36.4 Å². The van der Waals surface area contributed by atoms with E-state index >= 15 is 0 Å². The molecule has 0 fully saturated rings. The predicted molar refractivity (Wildman–Crippen MR) is 84.9 cm³/mol. The van der Waals surface area contributed by atoms with Crippen LogP contribution in [0.3, 0.4) is 0 Å². The fourth-order valence-electron chi connectivity index (χ4n) is 2.17. The second-order valence-electron chi connectivity index (χ2n) is 5.01. The van der Waals surface area contributed by atoms with Crippen molar-refractivity contribution in [2.24, 2.45) is 0 Å². The van der Waals surface area contributed by atoms with E-state index in [1.54, 1.807) is 35.0 Å². The van der Waals surface area contributed by atoms with Gasteiger partial charge in [0.1, 0.15) is 11.6 Å². The van der Waals surface area contributed by atoms with Gasteiger partial charge in [-0.2, -0.15) is 10.1 Å². The van der Waals surface area contributed by atoms with Gasteiger partial charge in [0.25, 0.3) is 0 Å². The molecule has 6 heteroatoms. The SMILES string of the molecule is Cc1cc(C)n(-c2cc(Oc3ccc(Cl)cc3)nc(C)n2)n1. The molecule has 0 N–H and O–H groups in total. The average Bonchev–Trinajstić information content (AvgIpc) is 2.80. The van der Waals surface area contributed by atoms with Crippen LogP contribution < -0.4 is 4.74 Å². The first-order valence-electron chi connectivity index (χ1n) is 6.84. The molecule has 0 spiro atoms. The number of aryl methyl sites for hydroxylation is 3. The van der Waals surface area contributed by atoms with Crippen molar-refractivity contribution in [1.29, 1.82) is 0 Å². The van der Waals surface area contributed by atoms with Crippen molar-refractivity contribution in [3.8, 4) is 17.4 Å². The summed E-state index contributed by atoms with van der Waals surface area (Å²) in [6, 6.07) is 10.9. The van der Waals surface area contributed by atoms with Crippen molar-refractivity contribution in [2.75, 3.05) is 0 Å². The maximum absolute atomic E-state index is 5.87. The second-order valence-corrected chi connectivity index (χ2v) is 5.44. The van der Waals surface area contributed by atoms with E-state index in [0.29, 0.717) is 28.3 Å². The molecule has 0 amide bonds. The summed E-state index contributed by atoms with van der Waals surface area (Å²) in [4.78, 5) is 8.73. The molecule has 1 aromatic carbocycles. The van der Waals surface area contributed by atoms with E-state index < -0.39 is 0 Å². The summed E-state index contributed by atoms with van der Waals surface area (Å²) in [5, 5.41) is 5.10. The lowest BCUT2D eigenvalue weighted by Crippen LogP contribution is -2.05. The Balaban J connectivity index is 1.96. The first-order chi connectivity index (χ1) is 10.5. The largest absolute Gasteiger partial charge is 0.439 e. The summed E-state index contributed by atoms with van der Waals surface area (Å²) < 4.78 is 7.55. The number of aromatic nitrogens is 4. The van der Waals surface area contributed by atoms with E-state index in [-0.39, 0.29) is 0 Å². The third-order valence-electron chi connectivity index (χ3n) is 3.06. The summed E-state index contributed by atoms with van der Waals surface area (Å²) in [5.41, 5.74) is 1.95. The van der Waals surface area contributed by atoms with Crippen molar-refractivity contribution in [2.45, 2.75) is 20.8 Å². The van der Waals surface area contributed by atoms with E-state index in [2.05, 4.69) is 15.1 Å². The van der Waals surface area contributed by atoms with Crippen molar-refractivity contribution in [3.05, 3.63) is 58.6 Å². The van der Waals surface area contributed by atoms with Gasteiger partial charge in [0.15, 0.2) is 5.82 Å². The van der Waals surface area contributed by atoms with E-state index in [9.17, 15) is 0 Å². The van der Waals surface area contributed by atoms with Crippen molar-refractivity contribution < 1.29 is 4.74 Å². The molecule has 0 atom stereocenters. The van der Waals surface area contributed by atoms with Gasteiger partial charge in [0, 0.05) is 16.8 Å². The predicted octanol–water partition coefficient (Wildman–Crippen LogP) is 4.03. The molecule has 0 unspecified atom stereocenters. The van der Waals surface area contributed by atoms with Gasteiger partial charge in [0.05, 0.1) is 5.69 Å². The molecule has 0 aliphatic rings. The van der Waals surface area contributed by atoms with Crippen LogP contribution in [0.1, 0.15) is 17.2 Å². The number of ether oxygens (including phenoxy) is 1. The maximum Gasteiger partial charge on any atom is 0.224 e. The summed E-state index contributed by atoms with van der Waals surface area (Å²) in [6.07, 6.45) is 0. The Labute approximate surface area is 133 Å². The number of rotatable bonds is 3. The molecule has 0 aliphatic carbocycles. The Morgan fingerprint density at radius 2 is 1.73 bits per heavy atom. The summed E-state index contributed by atoms with van der Waals surface area (Å²) in [7, 11) is 0. The Kier molecular flexibility index (Phi) is 3.81. The van der Waals surface area contributed by atoms with Gasteiger partial charge in [-0.3, -0.25) is 0 Å². The summed E-state index contributed by atoms with van der Waals surface area (Å²) in [5.74, 6) is 2.44. The van der Waals surface area contributed by atoms with E-state index in [1.807, 2.05) is 26.8 Å².